The van der Waals surface area contributed by atoms with E-state index in [9.17, 15) is 92.3 Å². The standard InChI is InChI=1S/C92H120F3N17O22S/c1-7-8-25-71(91(132)112-48-59(115)44-73(112)87(128)105-68(45-78(120)121)85(126)107-80(52(2)3)92(133)109(5)72(41-53-18-11-9-12-19-53)86(127)103-65(30-31-77(118)119)89(130)111-33-35-134-36-34-111)108(4)90(131)74(42-54-20-13-10-14-21-54)110(6)88(129)69(40-56-37-61(93)79(95)62(94)38-56)101-76(117)50-135-49-70(81(122)99-47-75(97)116)106-82(123)64(24-17-32-96)102-84(125)67(39-55-26-28-58(114)29-27-55)104-83(124)66(100-51-113)43-57-46-98-63-23-16-15-22-60(57)63/h9-16,18-23,26-29,37-38,46,51-52,59,64-74,80,89,98,114-115,130H,7-8,17,24-25,30-36,39-45,47-50,96H2,1-6H3,(H2,97,116)(H,99,122)(H,100,113)(H,101,117)(H,102,125)(H,103,127)(H,104,124)(H,105,128)(H,106,123)(H,107,126)(H,118,119)(H,120,121)/t59-,64-,65-,66-,67-,68-,69-,70-,71-,72-,73+,74-,80-,89?/m0/s1. The topological polar surface area (TPSA) is 576 Å². The zero-order valence-electron chi connectivity index (χ0n) is 75.7. The van der Waals surface area contributed by atoms with Crippen LogP contribution in [0.1, 0.15) is 106 Å². The second kappa shape index (κ2) is 52.5. The van der Waals surface area contributed by atoms with Gasteiger partial charge in [0.25, 0.3) is 0 Å². The summed E-state index contributed by atoms with van der Waals surface area (Å²) in [5.41, 5.74) is 13.7. The molecule has 43 heteroatoms. The number of amides is 14. The largest absolute Gasteiger partial charge is 0.508 e. The number of thioether (sulfide) groups is 1. The second-order valence-corrected chi connectivity index (χ2v) is 34.6. The molecule has 3 heterocycles. The van der Waals surface area contributed by atoms with Gasteiger partial charge in [0.15, 0.2) is 17.5 Å². The average molecular weight is 1910 g/mol. The van der Waals surface area contributed by atoms with Crippen LogP contribution < -0.4 is 59.3 Å². The van der Waals surface area contributed by atoms with E-state index >= 15 is 23.2 Å². The Morgan fingerprint density at radius 3 is 1.78 bits per heavy atom. The lowest BCUT2D eigenvalue weighted by Gasteiger charge is -2.38. The molecule has 1 aromatic heterocycles. The summed E-state index contributed by atoms with van der Waals surface area (Å²) in [6.45, 7) is 4.48. The van der Waals surface area contributed by atoms with Crippen molar-refractivity contribution in [2.45, 2.75) is 195 Å². The Hall–Kier alpha value is -13.1. The Morgan fingerprint density at radius 1 is 0.600 bits per heavy atom. The fraction of sp³-hybridized carbons (Fsp3) is 0.478. The third kappa shape index (κ3) is 31.8. The van der Waals surface area contributed by atoms with Crippen LogP contribution >= 0.6 is 11.8 Å². The molecule has 14 atom stereocenters. The van der Waals surface area contributed by atoms with Crippen LogP contribution in [0.2, 0.25) is 0 Å². The highest BCUT2D eigenvalue weighted by Gasteiger charge is 2.47. The van der Waals surface area contributed by atoms with Crippen LogP contribution in [-0.2, 0) is 114 Å². The number of likely N-dealkylation sites (tertiary alicyclic amines) is 1. The number of para-hydroxylation sites is 1. The number of carboxylic acids is 2. The molecule has 2 fully saturated rings. The highest BCUT2D eigenvalue weighted by atomic mass is 32.2. The van der Waals surface area contributed by atoms with Crippen LogP contribution in [0.15, 0.2) is 128 Å². The van der Waals surface area contributed by atoms with Crippen molar-refractivity contribution in [2.75, 3.05) is 78.6 Å². The first-order valence-corrected chi connectivity index (χ1v) is 45.4. The lowest BCUT2D eigenvalue weighted by molar-refractivity contribution is -0.152. The lowest BCUT2D eigenvalue weighted by Crippen LogP contribution is -2.62. The van der Waals surface area contributed by atoms with Gasteiger partial charge in [-0.3, -0.25) is 81.6 Å². The smallest absolute Gasteiger partial charge is 0.305 e. The molecule has 14 amide bonds. The highest BCUT2D eigenvalue weighted by Crippen LogP contribution is 2.28. The number of nitrogens with one attached hydrogen (secondary N) is 10. The molecule has 2 aliphatic heterocycles. The number of carboxylic acid groups (broad SMARTS) is 2. The molecule has 2 aliphatic rings. The number of hydrogen-bond acceptors (Lipinski definition) is 23. The fourth-order valence-corrected chi connectivity index (χ4v) is 16.7. The number of unbranched alkanes of at least 4 members (excludes halogenated alkanes) is 1. The average Bonchev–Trinajstić information content (AvgIpc) is 1.79. The second-order valence-electron chi connectivity index (χ2n) is 33.6. The monoisotopic (exact) mass is 1900 g/mol. The van der Waals surface area contributed by atoms with Crippen molar-refractivity contribution in [3.8, 4) is 5.75 Å². The van der Waals surface area contributed by atoms with Gasteiger partial charge in [0.05, 0.1) is 44.1 Å². The Balaban J connectivity index is 1.01. The zero-order valence-corrected chi connectivity index (χ0v) is 76.6. The third-order valence-corrected chi connectivity index (χ3v) is 24.3. The molecule has 6 aromatic rings. The first-order chi connectivity index (χ1) is 64.3. The number of H-pyrrole nitrogens is 1. The summed E-state index contributed by atoms with van der Waals surface area (Å²) in [6, 6.07) is 11.6. The molecule has 39 nitrogen and oxygen atoms in total. The number of primary amides is 1. The van der Waals surface area contributed by atoms with Crippen LogP contribution in [0.4, 0.5) is 13.2 Å². The molecule has 2 saturated heterocycles. The Kier molecular flexibility index (Phi) is 41.7. The van der Waals surface area contributed by atoms with Crippen molar-refractivity contribution in [1.29, 1.82) is 0 Å². The van der Waals surface area contributed by atoms with E-state index in [2.05, 4.69) is 52.8 Å². The van der Waals surface area contributed by atoms with Crippen molar-refractivity contribution in [3.63, 3.8) is 0 Å². The molecule has 0 saturated carbocycles. The van der Waals surface area contributed by atoms with Crippen molar-refractivity contribution < 1.29 is 120 Å². The molecule has 135 heavy (non-hydrogen) atoms. The predicted octanol–water partition coefficient (Wildman–Crippen LogP) is -0.335. The number of fused-ring (bicyclic) bond motifs is 1. The number of nitrogens with two attached hydrogens (primary N) is 2. The molecule has 0 aliphatic carbocycles. The van der Waals surface area contributed by atoms with Crippen LogP contribution in [-0.4, -0.2) is 314 Å². The van der Waals surface area contributed by atoms with Gasteiger partial charge in [-0.1, -0.05) is 125 Å². The Morgan fingerprint density at radius 2 is 1.17 bits per heavy atom. The summed E-state index contributed by atoms with van der Waals surface area (Å²) in [4.78, 5) is 235. The number of carbonyl (C=O) groups excluding carboxylic acids is 14. The minimum atomic E-state index is -2.01. The summed E-state index contributed by atoms with van der Waals surface area (Å²) >= 11 is 0.650. The van der Waals surface area contributed by atoms with Crippen molar-refractivity contribution in [3.05, 3.63) is 173 Å². The maximum Gasteiger partial charge on any atom is 0.305 e. The van der Waals surface area contributed by atoms with Gasteiger partial charge in [0.2, 0.25) is 83.2 Å². The number of hydrogen-bond donors (Lipinski definition) is 17. The van der Waals surface area contributed by atoms with Gasteiger partial charge in [-0.2, -0.15) is 0 Å². The molecule has 5 aromatic carbocycles. The number of halogens is 3. The minimum Gasteiger partial charge on any atom is -0.508 e. The number of ether oxygens (including phenoxy) is 1. The number of β-amino-alcohol motifs (C(OH)–C–C–N with tert-alkyl or cyclic N) is 1. The number of likely N-dealkylation sites (N-methyl/N-ethyl adjacent to an activating group) is 3. The van der Waals surface area contributed by atoms with Gasteiger partial charge in [0, 0.05) is 109 Å². The number of aliphatic carboxylic acids is 2. The molecule has 732 valence electrons. The van der Waals surface area contributed by atoms with Crippen molar-refractivity contribution in [2.24, 2.45) is 17.4 Å². The number of nitrogens with zero attached hydrogens (tertiary/aromatic N) is 5. The van der Waals surface area contributed by atoms with E-state index in [0.717, 1.165) is 37.6 Å². The van der Waals surface area contributed by atoms with E-state index < -0.39 is 253 Å². The summed E-state index contributed by atoms with van der Waals surface area (Å²) in [5.74, 6) is -23.3. The van der Waals surface area contributed by atoms with E-state index in [0.29, 0.717) is 59.0 Å². The maximum atomic E-state index is 15.7. The first-order valence-electron chi connectivity index (χ1n) is 44.2. The summed E-state index contributed by atoms with van der Waals surface area (Å²) < 4.78 is 50.5. The number of rotatable bonds is 53. The third-order valence-electron chi connectivity index (χ3n) is 23.3. The number of aromatic hydroxyl groups is 1. The molecule has 19 N–H and O–H groups in total. The van der Waals surface area contributed by atoms with Crippen LogP contribution in [0.25, 0.3) is 10.9 Å². The maximum absolute atomic E-state index is 15.7. The van der Waals surface area contributed by atoms with E-state index in [1.54, 1.807) is 96.9 Å². The van der Waals surface area contributed by atoms with E-state index in [1.807, 2.05) is 6.07 Å². The number of aliphatic hydroxyl groups excluding tert-OH is 2. The molecule has 1 unspecified atom stereocenters. The van der Waals surface area contributed by atoms with Crippen molar-refractivity contribution >= 4 is 118 Å². The van der Waals surface area contributed by atoms with E-state index in [4.69, 9.17) is 16.2 Å². The number of carbonyl (C=O) groups is 16. The molecule has 0 bridgehead atoms. The van der Waals surface area contributed by atoms with Gasteiger partial charge < -0.3 is 114 Å². The van der Waals surface area contributed by atoms with E-state index in [1.165, 1.54) is 52.2 Å². The summed E-state index contributed by atoms with van der Waals surface area (Å²) in [7, 11) is 3.66. The molecular formula is C92H120F3N17O22S. The number of morpholine rings is 1. The predicted molar refractivity (Wildman–Crippen MR) is 486 cm³/mol. The SMILES string of the molecule is CCCC[C@@H](C(=O)N1C[C@@H](O)C[C@@H]1C(=O)N[C@@H](CC(=O)O)C(=O)N[C@H](C(=O)N(C)[C@@H](Cc1ccccc1)C(=O)N[C@@H](CCC(=O)O)C(O)N1CCOCC1)C(C)C)N(C)C(=O)[C@H](Cc1ccccc1)N(C)C(=O)[C@H](Cc1cc(F)c(F)c(F)c1)NC(=O)CSC[C@H](NC(=O)[C@H](CCCN)NC(=O)[C@H](Cc1ccc(O)cc1)NC(=O)[C@H](Cc1c[nH]c2ccccc12)NC=O)C(=O)NCC(N)=O. The van der Waals surface area contributed by atoms with Gasteiger partial charge in [-0.05, 0) is 96.3 Å². The van der Waals surface area contributed by atoms with Gasteiger partial charge >= 0.3 is 11.9 Å². The summed E-state index contributed by atoms with van der Waals surface area (Å²) in [6.07, 6.45) is -4.36. The number of aromatic nitrogens is 1. The Labute approximate surface area is 781 Å². The quantitative estimate of drug-likeness (QED) is 0.0172. The number of phenolic OH excluding ortho intramolecular Hbond substituents is 1. The van der Waals surface area contributed by atoms with Gasteiger partial charge in [-0.15, -0.1) is 11.8 Å². The molecule has 0 spiro atoms. The van der Waals surface area contributed by atoms with Crippen LogP contribution in [0, 0.1) is 23.4 Å². The molecule has 0 radical (unpaired) electrons. The number of phenols is 1. The van der Waals surface area contributed by atoms with Crippen LogP contribution in [0.5, 0.6) is 5.75 Å². The normalized spacial score (nSPS) is 16.4. The highest BCUT2D eigenvalue weighted by molar-refractivity contribution is 8.00. The minimum absolute atomic E-state index is 0.0287. The van der Waals surface area contributed by atoms with Gasteiger partial charge in [0.1, 0.15) is 78.4 Å². The van der Waals surface area contributed by atoms with Gasteiger partial charge in [-0.25, -0.2) is 13.2 Å². The summed E-state index contributed by atoms with van der Waals surface area (Å²) in [5, 5.41) is 76.5. The van der Waals surface area contributed by atoms with Crippen LogP contribution in [0.3, 0.4) is 0 Å². The molecule has 8 rings (SSSR count). The lowest BCUT2D eigenvalue weighted by atomic mass is 9.98. The molecular weight excluding hydrogens is 1780 g/mol. The zero-order chi connectivity index (χ0) is 98.9. The number of aromatic amines is 1. The number of aliphatic hydroxyl groups is 2. The number of benzene rings is 5. The first kappa shape index (κ1) is 107. The van der Waals surface area contributed by atoms with Crippen molar-refractivity contribution in [1.82, 2.24) is 77.3 Å². The van der Waals surface area contributed by atoms with E-state index in [-0.39, 0.29) is 96.4 Å². The Bertz CT molecular complexity index is 5080. The fourth-order valence-electron chi connectivity index (χ4n) is 15.8.